The molecule has 0 aliphatic rings. The van der Waals surface area contributed by atoms with Crippen LogP contribution in [0.3, 0.4) is 0 Å². The molecule has 11 nitrogen and oxygen atoms in total. The molecule has 4 unspecified atom stereocenters. The van der Waals surface area contributed by atoms with E-state index in [0.29, 0.717) is 6.42 Å². The van der Waals surface area contributed by atoms with Gasteiger partial charge in [-0.3, -0.25) is 14.4 Å². The number of fused-ring (bicyclic) bond motifs is 2. The Hall–Kier alpha value is -4.64. The molecule has 0 saturated carbocycles. The summed E-state index contributed by atoms with van der Waals surface area (Å²) in [5.41, 5.74) is 9.38. The Morgan fingerprint density at radius 3 is 1.76 bits per heavy atom. The number of nitrogens with two attached hydrogens (primary N) is 1. The van der Waals surface area contributed by atoms with E-state index in [1.807, 2.05) is 62.4 Å². The minimum absolute atomic E-state index is 0.0543. The van der Waals surface area contributed by atoms with Crippen molar-refractivity contribution in [2.24, 2.45) is 11.7 Å². The van der Waals surface area contributed by atoms with Crippen molar-refractivity contribution in [3.05, 3.63) is 72.1 Å². The zero-order valence-electron chi connectivity index (χ0n) is 23.9. The zero-order chi connectivity index (χ0) is 30.4. The molecular weight excluding hydrogens is 536 g/mol. The van der Waals surface area contributed by atoms with Crippen LogP contribution in [-0.2, 0) is 32.0 Å². The lowest BCUT2D eigenvalue weighted by molar-refractivity contribution is -0.142. The lowest BCUT2D eigenvalue weighted by Gasteiger charge is -2.24. The van der Waals surface area contributed by atoms with E-state index >= 15 is 0 Å². The highest BCUT2D eigenvalue weighted by Crippen LogP contribution is 2.20. The molecular formula is C31H38N6O5. The maximum Gasteiger partial charge on any atom is 0.326 e. The molecule has 0 radical (unpaired) electrons. The molecule has 0 aliphatic heterocycles. The maximum absolute atomic E-state index is 13.4. The van der Waals surface area contributed by atoms with Gasteiger partial charge < -0.3 is 36.8 Å². The van der Waals surface area contributed by atoms with Crippen LogP contribution in [-0.4, -0.2) is 62.9 Å². The van der Waals surface area contributed by atoms with Crippen LogP contribution in [0.15, 0.2) is 60.9 Å². The second kappa shape index (κ2) is 13.3. The number of H-pyrrole nitrogens is 2. The second-order valence-electron chi connectivity index (χ2n) is 11.1. The number of carboxylic acid groups (broad SMARTS) is 1. The lowest BCUT2D eigenvalue weighted by Crippen LogP contribution is -2.57. The van der Waals surface area contributed by atoms with Gasteiger partial charge in [-0.15, -0.1) is 0 Å². The van der Waals surface area contributed by atoms with Gasteiger partial charge in [0.1, 0.15) is 18.1 Å². The van der Waals surface area contributed by atoms with E-state index in [9.17, 15) is 24.3 Å². The third-order valence-electron chi connectivity index (χ3n) is 7.26. The third kappa shape index (κ3) is 7.35. The van der Waals surface area contributed by atoms with Crippen LogP contribution in [0.1, 0.15) is 38.3 Å². The topological polar surface area (TPSA) is 182 Å². The van der Waals surface area contributed by atoms with Crippen molar-refractivity contribution < 1.29 is 24.3 Å². The fraction of sp³-hybridized carbons (Fsp3) is 0.355. The number of rotatable bonds is 13. The van der Waals surface area contributed by atoms with Crippen LogP contribution < -0.4 is 21.7 Å². The van der Waals surface area contributed by atoms with Gasteiger partial charge in [-0.1, -0.05) is 50.2 Å². The number of para-hydroxylation sites is 2. The normalized spacial score (nSPS) is 14.3. The van der Waals surface area contributed by atoms with Gasteiger partial charge in [0.25, 0.3) is 0 Å². The van der Waals surface area contributed by atoms with Gasteiger partial charge in [0.2, 0.25) is 17.7 Å². The predicted molar refractivity (Wildman–Crippen MR) is 161 cm³/mol. The molecule has 222 valence electrons. The van der Waals surface area contributed by atoms with Crippen LogP contribution in [0.4, 0.5) is 0 Å². The molecule has 42 heavy (non-hydrogen) atoms. The van der Waals surface area contributed by atoms with Crippen LogP contribution in [0.2, 0.25) is 0 Å². The lowest BCUT2D eigenvalue weighted by atomic mass is 10.0. The molecule has 0 bridgehead atoms. The van der Waals surface area contributed by atoms with Crippen LogP contribution in [0, 0.1) is 5.92 Å². The molecule has 0 fully saturated rings. The Kier molecular flexibility index (Phi) is 9.64. The highest BCUT2D eigenvalue weighted by Gasteiger charge is 2.29. The van der Waals surface area contributed by atoms with Gasteiger partial charge in [-0.2, -0.15) is 0 Å². The largest absolute Gasteiger partial charge is 0.480 e. The van der Waals surface area contributed by atoms with Crippen molar-refractivity contribution in [3.8, 4) is 0 Å². The summed E-state index contributed by atoms with van der Waals surface area (Å²) in [7, 11) is 0. The Bertz CT molecular complexity index is 1570. The summed E-state index contributed by atoms with van der Waals surface area (Å²) in [5, 5.41) is 19.5. The highest BCUT2D eigenvalue weighted by molar-refractivity contribution is 5.95. The molecule has 4 aromatic rings. The standard InChI is InChI=1S/C31H38N6O5/c1-17(2)12-23(32)29(39)36-26(13-19-15-33-24-10-6-4-8-21(19)24)30(40)35-18(3)28(38)37-27(31(41)42)14-20-16-34-25-11-7-5-9-22(20)25/h4-11,15-18,23,26-27,33-34H,12-14,32H2,1-3H3,(H,35,40)(H,36,39)(H,37,38)(H,41,42). The molecule has 0 aliphatic carbocycles. The molecule has 0 saturated heterocycles. The number of nitrogens with one attached hydrogen (secondary N) is 5. The van der Waals surface area contributed by atoms with Crippen LogP contribution in [0.25, 0.3) is 21.8 Å². The molecule has 2 aromatic heterocycles. The number of carboxylic acids is 1. The molecule has 8 N–H and O–H groups in total. The van der Waals surface area contributed by atoms with Crippen molar-refractivity contribution in [3.63, 3.8) is 0 Å². The quantitative estimate of drug-likeness (QED) is 0.129. The average Bonchev–Trinajstić information content (AvgIpc) is 3.55. The van der Waals surface area contributed by atoms with Crippen molar-refractivity contribution in [2.75, 3.05) is 0 Å². The smallest absolute Gasteiger partial charge is 0.326 e. The summed E-state index contributed by atoms with van der Waals surface area (Å²) in [6.45, 7) is 5.37. The number of amides is 3. The first kappa shape index (κ1) is 30.3. The Morgan fingerprint density at radius 1 is 0.738 bits per heavy atom. The first-order chi connectivity index (χ1) is 20.0. The number of hydrogen-bond acceptors (Lipinski definition) is 5. The Labute approximate surface area is 243 Å². The van der Waals surface area contributed by atoms with E-state index in [1.54, 1.807) is 12.4 Å². The number of carbonyl (C=O) groups excluding carboxylic acids is 3. The summed E-state index contributed by atoms with van der Waals surface area (Å²) >= 11 is 0. The van der Waals surface area contributed by atoms with Crippen LogP contribution in [0.5, 0.6) is 0 Å². The number of aromatic nitrogens is 2. The molecule has 0 spiro atoms. The van der Waals surface area contributed by atoms with Crippen molar-refractivity contribution >= 4 is 45.5 Å². The number of aromatic amines is 2. The van der Waals surface area contributed by atoms with E-state index in [-0.39, 0.29) is 18.8 Å². The average molecular weight is 575 g/mol. The minimum Gasteiger partial charge on any atom is -0.480 e. The van der Waals surface area contributed by atoms with E-state index in [4.69, 9.17) is 5.73 Å². The van der Waals surface area contributed by atoms with Gasteiger partial charge in [0.15, 0.2) is 0 Å². The number of carbonyl (C=O) groups is 4. The summed E-state index contributed by atoms with van der Waals surface area (Å²) in [6.07, 6.45) is 4.16. The minimum atomic E-state index is -1.22. The Morgan fingerprint density at radius 2 is 1.24 bits per heavy atom. The number of benzene rings is 2. The summed E-state index contributed by atoms with van der Waals surface area (Å²) in [4.78, 5) is 57.7. The molecule has 4 atom stereocenters. The van der Waals surface area contributed by atoms with Gasteiger partial charge in [-0.05, 0) is 42.5 Å². The van der Waals surface area contributed by atoms with Crippen LogP contribution >= 0.6 is 0 Å². The van der Waals surface area contributed by atoms with E-state index < -0.39 is 47.9 Å². The monoisotopic (exact) mass is 574 g/mol. The first-order valence-corrected chi connectivity index (χ1v) is 14.0. The fourth-order valence-electron chi connectivity index (χ4n) is 5.02. The van der Waals surface area contributed by atoms with Gasteiger partial charge in [0.05, 0.1) is 6.04 Å². The van der Waals surface area contributed by atoms with Gasteiger partial charge in [0, 0.05) is 47.0 Å². The fourth-order valence-corrected chi connectivity index (χ4v) is 5.02. The van der Waals surface area contributed by atoms with Gasteiger partial charge in [-0.25, -0.2) is 4.79 Å². The van der Waals surface area contributed by atoms with Crippen molar-refractivity contribution in [2.45, 2.75) is 64.2 Å². The SMILES string of the molecule is CC(C)CC(N)C(=O)NC(Cc1c[nH]c2ccccc12)C(=O)NC(C)C(=O)NC(Cc1c[nH]c2ccccc12)C(=O)O. The zero-order valence-corrected chi connectivity index (χ0v) is 23.9. The number of hydrogen-bond donors (Lipinski definition) is 7. The van der Waals surface area contributed by atoms with Gasteiger partial charge >= 0.3 is 5.97 Å². The Balaban J connectivity index is 1.46. The molecule has 2 aromatic carbocycles. The predicted octanol–water partition coefficient (Wildman–Crippen LogP) is 2.37. The van der Waals surface area contributed by atoms with E-state index in [1.165, 1.54) is 6.92 Å². The van der Waals surface area contributed by atoms with Crippen molar-refractivity contribution in [1.29, 1.82) is 0 Å². The molecule has 2 heterocycles. The maximum atomic E-state index is 13.4. The third-order valence-corrected chi connectivity index (χ3v) is 7.26. The molecule has 3 amide bonds. The van der Waals surface area contributed by atoms with E-state index in [2.05, 4.69) is 25.9 Å². The molecule has 11 heteroatoms. The summed E-state index contributed by atoms with van der Waals surface area (Å²) in [5.74, 6) is -2.73. The first-order valence-electron chi connectivity index (χ1n) is 14.0. The summed E-state index contributed by atoms with van der Waals surface area (Å²) < 4.78 is 0. The van der Waals surface area contributed by atoms with E-state index in [0.717, 1.165) is 32.9 Å². The highest BCUT2D eigenvalue weighted by atomic mass is 16.4. The summed E-state index contributed by atoms with van der Waals surface area (Å²) in [6, 6.07) is 11.0. The number of aliphatic carboxylic acids is 1. The second-order valence-corrected chi connectivity index (χ2v) is 11.1. The van der Waals surface area contributed by atoms with Crippen molar-refractivity contribution in [1.82, 2.24) is 25.9 Å². The molecule has 4 rings (SSSR count).